The number of carbonyl (C=O) groups is 1. The van der Waals surface area contributed by atoms with E-state index in [9.17, 15) is 4.79 Å². The summed E-state index contributed by atoms with van der Waals surface area (Å²) in [7, 11) is 3.28. The topological polar surface area (TPSA) is 57.0 Å². The van der Waals surface area contributed by atoms with E-state index < -0.39 is 0 Å². The Morgan fingerprint density at radius 3 is 2.74 bits per heavy atom. The number of rotatable bonds is 5. The van der Waals surface area contributed by atoms with Gasteiger partial charge >= 0.3 is 5.97 Å². The van der Waals surface area contributed by atoms with Crippen LogP contribution in [-0.4, -0.2) is 33.6 Å². The summed E-state index contributed by atoms with van der Waals surface area (Å²) in [6, 6.07) is 9.61. The minimum absolute atomic E-state index is 0.235. The van der Waals surface area contributed by atoms with Crippen molar-refractivity contribution in [3.05, 3.63) is 42.2 Å². The van der Waals surface area contributed by atoms with Crippen LogP contribution in [0, 0.1) is 0 Å². The van der Waals surface area contributed by atoms with E-state index in [1.807, 2.05) is 41.9 Å². The van der Waals surface area contributed by atoms with Crippen molar-refractivity contribution in [3.63, 3.8) is 0 Å². The maximum absolute atomic E-state index is 11.9. The Labute approximate surface area is 116 Å². The maximum atomic E-state index is 11.9. The first-order valence-corrected chi connectivity index (χ1v) is 6.80. The molecule has 0 aliphatic rings. The lowest BCUT2D eigenvalue weighted by Crippen LogP contribution is -2.16. The van der Waals surface area contributed by atoms with Gasteiger partial charge in [0.05, 0.1) is 13.0 Å². The molecule has 0 saturated carbocycles. The Balaban J connectivity index is 2.11. The molecule has 2 aromatic rings. The first-order valence-electron chi connectivity index (χ1n) is 5.82. The average molecular weight is 277 g/mol. The van der Waals surface area contributed by atoms with E-state index in [-0.39, 0.29) is 11.9 Å². The monoisotopic (exact) mass is 277 g/mol. The van der Waals surface area contributed by atoms with Crippen LogP contribution in [0.3, 0.4) is 0 Å². The van der Waals surface area contributed by atoms with Crippen LogP contribution in [0.1, 0.15) is 11.5 Å². The molecule has 0 amide bonds. The van der Waals surface area contributed by atoms with Gasteiger partial charge in [-0.2, -0.15) is 0 Å². The van der Waals surface area contributed by atoms with Crippen molar-refractivity contribution in [1.29, 1.82) is 0 Å². The molecule has 19 heavy (non-hydrogen) atoms. The number of esters is 1. The van der Waals surface area contributed by atoms with Gasteiger partial charge in [-0.1, -0.05) is 42.1 Å². The van der Waals surface area contributed by atoms with Gasteiger partial charge in [-0.15, -0.1) is 10.2 Å². The van der Waals surface area contributed by atoms with Gasteiger partial charge in [-0.3, -0.25) is 4.79 Å². The number of nitrogens with zero attached hydrogens (tertiary/aromatic N) is 3. The molecule has 2 rings (SSSR count). The molecule has 0 fully saturated rings. The lowest BCUT2D eigenvalue weighted by Gasteiger charge is -2.14. The van der Waals surface area contributed by atoms with E-state index in [1.54, 1.807) is 6.33 Å². The van der Waals surface area contributed by atoms with Crippen molar-refractivity contribution in [2.24, 2.45) is 7.05 Å². The first kappa shape index (κ1) is 13.6. The SMILES string of the molecule is COC(=O)C(CSc1nncn1C)c1ccccc1. The minimum Gasteiger partial charge on any atom is -0.469 e. The number of carbonyl (C=O) groups excluding carboxylic acids is 1. The zero-order valence-corrected chi connectivity index (χ0v) is 11.6. The molecule has 1 aromatic carbocycles. The molecule has 6 heteroatoms. The van der Waals surface area contributed by atoms with Crippen LogP contribution < -0.4 is 0 Å². The molecule has 1 aromatic heterocycles. The molecule has 1 heterocycles. The van der Waals surface area contributed by atoms with Crippen LogP contribution in [0.25, 0.3) is 0 Å². The zero-order valence-electron chi connectivity index (χ0n) is 10.8. The summed E-state index contributed by atoms with van der Waals surface area (Å²) in [6.45, 7) is 0. The molecule has 0 spiro atoms. The summed E-state index contributed by atoms with van der Waals surface area (Å²) in [5, 5.41) is 8.59. The van der Waals surface area contributed by atoms with Crippen LogP contribution in [-0.2, 0) is 16.6 Å². The lowest BCUT2D eigenvalue weighted by atomic mass is 10.0. The smallest absolute Gasteiger partial charge is 0.313 e. The third-order valence-corrected chi connectivity index (χ3v) is 3.86. The highest BCUT2D eigenvalue weighted by atomic mass is 32.2. The van der Waals surface area contributed by atoms with Crippen molar-refractivity contribution in [3.8, 4) is 0 Å². The predicted molar refractivity (Wildman–Crippen MR) is 72.9 cm³/mol. The summed E-state index contributed by atoms with van der Waals surface area (Å²) in [5.74, 6) is 0.0391. The molecule has 1 unspecified atom stereocenters. The van der Waals surface area contributed by atoms with Crippen LogP contribution >= 0.6 is 11.8 Å². The molecule has 5 nitrogen and oxygen atoms in total. The number of aromatic nitrogens is 3. The third kappa shape index (κ3) is 3.35. The van der Waals surface area contributed by atoms with Crippen LogP contribution in [0.4, 0.5) is 0 Å². The summed E-state index contributed by atoms with van der Waals surface area (Å²) in [5.41, 5.74) is 0.948. The Bertz CT molecular complexity index is 542. The van der Waals surface area contributed by atoms with Gasteiger partial charge in [0, 0.05) is 12.8 Å². The average Bonchev–Trinajstić information content (AvgIpc) is 2.85. The fourth-order valence-electron chi connectivity index (χ4n) is 1.69. The number of ether oxygens (including phenoxy) is 1. The molecule has 0 radical (unpaired) electrons. The standard InChI is InChI=1S/C13H15N3O2S/c1-16-9-14-15-13(16)19-8-11(12(17)18-2)10-6-4-3-5-7-10/h3-7,9,11H,8H2,1-2H3. The summed E-state index contributed by atoms with van der Waals surface area (Å²) < 4.78 is 6.70. The quantitative estimate of drug-likeness (QED) is 0.617. The Morgan fingerprint density at radius 1 is 1.42 bits per heavy atom. The van der Waals surface area contributed by atoms with Gasteiger partial charge in [0.1, 0.15) is 6.33 Å². The number of hydrogen-bond acceptors (Lipinski definition) is 5. The number of thioether (sulfide) groups is 1. The third-order valence-electron chi connectivity index (χ3n) is 2.74. The van der Waals surface area contributed by atoms with Crippen molar-refractivity contribution in [1.82, 2.24) is 14.8 Å². The predicted octanol–water partition coefficient (Wildman–Crippen LogP) is 1.86. The fraction of sp³-hybridized carbons (Fsp3) is 0.308. The molecular weight excluding hydrogens is 262 g/mol. The second kappa shape index (κ2) is 6.38. The van der Waals surface area contributed by atoms with Crippen molar-refractivity contribution in [2.45, 2.75) is 11.1 Å². The molecule has 0 N–H and O–H groups in total. The Morgan fingerprint density at radius 2 is 2.16 bits per heavy atom. The Kier molecular flexibility index (Phi) is 4.57. The highest BCUT2D eigenvalue weighted by Crippen LogP contribution is 2.25. The molecule has 0 aliphatic heterocycles. The highest BCUT2D eigenvalue weighted by molar-refractivity contribution is 7.99. The zero-order chi connectivity index (χ0) is 13.7. The molecule has 0 aliphatic carbocycles. The van der Waals surface area contributed by atoms with E-state index in [0.29, 0.717) is 5.75 Å². The number of methoxy groups -OCH3 is 1. The maximum Gasteiger partial charge on any atom is 0.313 e. The van der Waals surface area contributed by atoms with E-state index >= 15 is 0 Å². The van der Waals surface area contributed by atoms with Gasteiger partial charge in [0.2, 0.25) is 0 Å². The Hall–Kier alpha value is -1.82. The summed E-state index contributed by atoms with van der Waals surface area (Å²) in [4.78, 5) is 11.9. The van der Waals surface area contributed by atoms with Crippen molar-refractivity contribution in [2.75, 3.05) is 12.9 Å². The second-order valence-electron chi connectivity index (χ2n) is 4.02. The van der Waals surface area contributed by atoms with Gasteiger partial charge in [0.15, 0.2) is 5.16 Å². The lowest BCUT2D eigenvalue weighted by molar-refractivity contribution is -0.141. The van der Waals surface area contributed by atoms with Gasteiger partial charge in [-0.25, -0.2) is 0 Å². The van der Waals surface area contributed by atoms with Crippen LogP contribution in [0.15, 0.2) is 41.8 Å². The van der Waals surface area contributed by atoms with Gasteiger partial charge in [-0.05, 0) is 5.56 Å². The molecular formula is C13H15N3O2S. The summed E-state index contributed by atoms with van der Waals surface area (Å²) in [6.07, 6.45) is 1.64. The highest BCUT2D eigenvalue weighted by Gasteiger charge is 2.22. The first-order chi connectivity index (χ1) is 9.22. The van der Waals surface area contributed by atoms with Crippen LogP contribution in [0.5, 0.6) is 0 Å². The van der Waals surface area contributed by atoms with Crippen molar-refractivity contribution < 1.29 is 9.53 Å². The molecule has 0 bridgehead atoms. The van der Waals surface area contributed by atoms with Gasteiger partial charge < -0.3 is 9.30 Å². The molecule has 1 atom stereocenters. The van der Waals surface area contributed by atoms with Crippen molar-refractivity contribution >= 4 is 17.7 Å². The van der Waals surface area contributed by atoms with E-state index in [1.165, 1.54) is 18.9 Å². The number of aryl methyl sites for hydroxylation is 1. The van der Waals surface area contributed by atoms with Crippen LogP contribution in [0.2, 0.25) is 0 Å². The van der Waals surface area contributed by atoms with E-state index in [2.05, 4.69) is 10.2 Å². The molecule has 0 saturated heterocycles. The number of hydrogen-bond donors (Lipinski definition) is 0. The number of benzene rings is 1. The largest absolute Gasteiger partial charge is 0.469 e. The normalized spacial score (nSPS) is 12.1. The van der Waals surface area contributed by atoms with E-state index in [4.69, 9.17) is 4.74 Å². The second-order valence-corrected chi connectivity index (χ2v) is 5.01. The molecule has 100 valence electrons. The fourth-order valence-corrected chi connectivity index (χ4v) is 2.69. The van der Waals surface area contributed by atoms with E-state index in [0.717, 1.165) is 10.7 Å². The van der Waals surface area contributed by atoms with Gasteiger partial charge in [0.25, 0.3) is 0 Å². The summed E-state index contributed by atoms with van der Waals surface area (Å²) >= 11 is 1.49. The minimum atomic E-state index is -0.298.